The fourth-order valence-corrected chi connectivity index (χ4v) is 7.13. The number of benzene rings is 2. The molecule has 0 aliphatic rings. The maximum Gasteiger partial charge on any atom is 2.00 e. The molecule has 0 heterocycles. The maximum atomic E-state index is 5.07. The molecule has 2 aromatic carbocycles. The molecule has 6 heteroatoms. The Morgan fingerprint density at radius 1 is 0.500 bits per heavy atom. The van der Waals surface area contributed by atoms with Gasteiger partial charge in [-0.1, -0.05) is 181 Å². The predicted molar refractivity (Wildman–Crippen MR) is 217 cm³/mol. The summed E-state index contributed by atoms with van der Waals surface area (Å²) in [7, 11) is -2.86. The van der Waals surface area contributed by atoms with Crippen LogP contribution in [0.2, 0.25) is 39.3 Å². The summed E-state index contributed by atoms with van der Waals surface area (Å²) >= 11 is 0. The summed E-state index contributed by atoms with van der Waals surface area (Å²) in [6, 6.07) is 13.3. The van der Waals surface area contributed by atoms with Crippen LogP contribution in [-0.2, 0) is 34.1 Å². The normalized spacial score (nSPS) is 12.1. The fraction of sp³-hybridized carbons (Fsp3) is 0.619. The average Bonchev–Trinajstić information content (AvgIpc) is 2.93. The van der Waals surface area contributed by atoms with Gasteiger partial charge in [-0.05, 0) is 40.1 Å². The number of allylic oxidation sites excluding steroid dienone is 4. The summed E-state index contributed by atoms with van der Waals surface area (Å²) < 4.78 is 0. The molecule has 0 spiro atoms. The second kappa shape index (κ2) is 25.0. The van der Waals surface area contributed by atoms with Crippen molar-refractivity contribution in [1.82, 2.24) is 0 Å². The van der Waals surface area contributed by atoms with E-state index in [0.29, 0.717) is 23.7 Å². The van der Waals surface area contributed by atoms with Crippen molar-refractivity contribution in [2.45, 2.75) is 172 Å². The minimum absolute atomic E-state index is 0. The first-order chi connectivity index (χ1) is 21.2. The molecule has 0 aliphatic heterocycles. The van der Waals surface area contributed by atoms with E-state index in [-0.39, 0.29) is 34.1 Å². The van der Waals surface area contributed by atoms with Crippen molar-refractivity contribution < 1.29 is 34.1 Å². The van der Waals surface area contributed by atoms with Crippen LogP contribution in [0.5, 0.6) is 0 Å². The van der Waals surface area contributed by atoms with E-state index in [0.717, 1.165) is 25.7 Å². The molecule has 0 atom stereocenters. The van der Waals surface area contributed by atoms with Crippen molar-refractivity contribution in [3.8, 4) is 0 Å². The molecule has 0 saturated heterocycles. The Bertz CT molecular complexity index is 1070. The zero-order valence-electron chi connectivity index (χ0n) is 34.2. The van der Waals surface area contributed by atoms with Crippen LogP contribution in [0.4, 0.5) is 11.4 Å². The van der Waals surface area contributed by atoms with Crippen molar-refractivity contribution in [2.24, 2.45) is 0 Å². The molecule has 0 saturated carbocycles. The monoisotopic (exact) mass is 772 g/mol. The van der Waals surface area contributed by atoms with Gasteiger partial charge in [0.25, 0.3) is 0 Å². The third-order valence-corrected chi connectivity index (χ3v) is 9.22. The molecule has 0 amide bonds. The van der Waals surface area contributed by atoms with Gasteiger partial charge in [0.15, 0.2) is 0 Å². The summed E-state index contributed by atoms with van der Waals surface area (Å²) in [5.41, 5.74) is 10.9. The van der Waals surface area contributed by atoms with Gasteiger partial charge >= 0.3 is 34.1 Å². The molecule has 0 aromatic heterocycles. The SMILES string of the molecule is CC(C)c1cccc(C(C)C)c1[N-][Si](C)(C)C.CC(C)c1cccc(C(C)C)c1[N-][Si](C)(C)C.CC[C-]=C(CC)C(=[C-]CC)CC.[Fe+2].[Fe+2]. The van der Waals surface area contributed by atoms with Gasteiger partial charge in [0.2, 0.25) is 0 Å². The van der Waals surface area contributed by atoms with Crippen LogP contribution in [0, 0.1) is 12.2 Å². The average molecular weight is 773 g/mol. The minimum atomic E-state index is -1.43. The Balaban J connectivity index is -0.000000631. The van der Waals surface area contributed by atoms with E-state index < -0.39 is 16.5 Å². The largest absolute Gasteiger partial charge is 2.00 e. The van der Waals surface area contributed by atoms with Crippen LogP contribution >= 0.6 is 0 Å². The smallest absolute Gasteiger partial charge is 0.687 e. The van der Waals surface area contributed by atoms with E-state index >= 15 is 0 Å². The zero-order chi connectivity index (χ0) is 35.8. The molecule has 0 radical (unpaired) electrons. The molecule has 274 valence electrons. The molecular formula is C42H72Fe2N2Si2. The summed E-state index contributed by atoms with van der Waals surface area (Å²) in [5.74, 6) is 2.18. The molecule has 48 heavy (non-hydrogen) atoms. The first-order valence-corrected chi connectivity index (χ1v) is 25.0. The van der Waals surface area contributed by atoms with Gasteiger partial charge in [0, 0.05) is 0 Å². The Morgan fingerprint density at radius 3 is 0.875 bits per heavy atom. The standard InChI is InChI=1S/2C15H26NSi.C12H20.2Fe/c2*1-11(2)13-9-8-10-14(12(3)4)15(13)16-17(5,6)7;1-5-9-11(7-3)12(8-4)10-6-2;;/h2*8-12H,1-7H3;5-8H2,1-4H3;;/q2*-1;-2;2*+2. The molecule has 0 fully saturated rings. The van der Waals surface area contributed by atoms with Crippen molar-refractivity contribution in [2.75, 3.05) is 0 Å². The quantitative estimate of drug-likeness (QED) is 0.110. The van der Waals surface area contributed by atoms with Crippen LogP contribution in [0.1, 0.15) is 155 Å². The van der Waals surface area contributed by atoms with E-state index in [1.54, 1.807) is 0 Å². The minimum Gasteiger partial charge on any atom is -0.687 e. The molecule has 0 unspecified atom stereocenters. The van der Waals surface area contributed by atoms with Gasteiger partial charge in [-0.25, -0.2) is 0 Å². The van der Waals surface area contributed by atoms with Gasteiger partial charge < -0.3 is 33.3 Å². The summed E-state index contributed by atoms with van der Waals surface area (Å²) in [4.78, 5) is 10.1. The molecule has 2 rings (SSSR count). The van der Waals surface area contributed by atoms with Crippen LogP contribution in [0.25, 0.3) is 9.96 Å². The zero-order valence-corrected chi connectivity index (χ0v) is 38.4. The third kappa shape index (κ3) is 19.4. The Morgan fingerprint density at radius 2 is 0.729 bits per heavy atom. The topological polar surface area (TPSA) is 28.2 Å². The second-order valence-corrected chi connectivity index (χ2v) is 24.6. The van der Waals surface area contributed by atoms with Crippen LogP contribution < -0.4 is 0 Å². The van der Waals surface area contributed by atoms with Crippen molar-refractivity contribution in [1.29, 1.82) is 0 Å². The Labute approximate surface area is 323 Å². The van der Waals surface area contributed by atoms with Crippen molar-refractivity contribution >= 4 is 27.8 Å². The number of nitrogens with zero attached hydrogens (tertiary/aromatic N) is 2. The van der Waals surface area contributed by atoms with E-state index in [1.807, 2.05) is 0 Å². The summed E-state index contributed by atoms with van der Waals surface area (Å²) in [5, 5.41) is 0. The fourth-order valence-electron chi connectivity index (χ4n) is 5.27. The molecule has 2 aromatic rings. The molecule has 2 nitrogen and oxygen atoms in total. The summed E-state index contributed by atoms with van der Waals surface area (Å²) in [6.07, 6.45) is 11.0. The van der Waals surface area contributed by atoms with Crippen LogP contribution in [0.3, 0.4) is 0 Å². The van der Waals surface area contributed by atoms with Gasteiger partial charge in [0.05, 0.1) is 0 Å². The molecule has 0 bridgehead atoms. The second-order valence-electron chi connectivity index (χ2n) is 15.5. The van der Waals surface area contributed by atoms with E-state index in [1.165, 1.54) is 44.8 Å². The molecule has 0 N–H and O–H groups in total. The van der Waals surface area contributed by atoms with Gasteiger partial charge in [0.1, 0.15) is 0 Å². The van der Waals surface area contributed by atoms with E-state index in [9.17, 15) is 0 Å². The third-order valence-electron chi connectivity index (χ3n) is 7.43. The first kappa shape index (κ1) is 51.4. The maximum absolute atomic E-state index is 5.07. The van der Waals surface area contributed by atoms with E-state index in [4.69, 9.17) is 9.96 Å². The molecular weight excluding hydrogens is 700 g/mol. The van der Waals surface area contributed by atoms with Crippen LogP contribution in [-0.4, -0.2) is 16.5 Å². The van der Waals surface area contributed by atoms with Crippen LogP contribution in [0.15, 0.2) is 47.5 Å². The number of hydrogen-bond acceptors (Lipinski definition) is 0. The van der Waals surface area contributed by atoms with E-state index in [2.05, 4.69) is 171 Å². The number of rotatable bonds is 13. The van der Waals surface area contributed by atoms with Crippen molar-refractivity contribution in [3.05, 3.63) is 91.9 Å². The van der Waals surface area contributed by atoms with Gasteiger partial charge in [-0.2, -0.15) is 0 Å². The Kier molecular flexibility index (Phi) is 26.8. The number of hydrogen-bond donors (Lipinski definition) is 0. The predicted octanol–water partition coefficient (Wildman–Crippen LogP) is 15.6. The summed E-state index contributed by atoms with van der Waals surface area (Å²) in [6.45, 7) is 40.5. The Hall–Kier alpha value is -1.01. The van der Waals surface area contributed by atoms with Gasteiger partial charge in [-0.3, -0.25) is 0 Å². The van der Waals surface area contributed by atoms with Gasteiger partial charge in [-0.15, -0.1) is 37.1 Å². The first-order valence-electron chi connectivity index (χ1n) is 18.1. The molecule has 0 aliphatic carbocycles. The van der Waals surface area contributed by atoms with Crippen molar-refractivity contribution in [3.63, 3.8) is 0 Å².